The third-order valence-electron chi connectivity index (χ3n) is 7.94. The van der Waals surface area contributed by atoms with Gasteiger partial charge in [-0.3, -0.25) is 4.98 Å². The molecule has 1 aliphatic rings. The second kappa shape index (κ2) is 12.7. The van der Waals surface area contributed by atoms with E-state index in [-0.39, 0.29) is 60.5 Å². The summed E-state index contributed by atoms with van der Waals surface area (Å²) in [6.07, 6.45) is -4.66. The van der Waals surface area contributed by atoms with E-state index in [0.717, 1.165) is 22.8 Å². The van der Waals surface area contributed by atoms with E-state index >= 15 is 4.39 Å². The average molecular weight is 661 g/mol. The minimum atomic E-state index is -4.96. The highest BCUT2D eigenvalue weighted by Crippen LogP contribution is 2.42. The summed E-state index contributed by atoms with van der Waals surface area (Å²) in [5.41, 5.74) is -3.40. The van der Waals surface area contributed by atoms with Crippen molar-refractivity contribution in [3.8, 4) is 28.4 Å². The number of phenolic OH excluding ortho intramolecular Hbond substituents is 1. The molecule has 2 atom stereocenters. The highest BCUT2D eigenvalue weighted by atomic mass is 19.4. The van der Waals surface area contributed by atoms with E-state index < -0.39 is 58.4 Å². The maximum absolute atomic E-state index is 16.1. The second-order valence-corrected chi connectivity index (χ2v) is 11.5. The van der Waals surface area contributed by atoms with E-state index in [9.17, 15) is 38.1 Å². The molecule has 250 valence electrons. The molecule has 0 spiro atoms. The Labute approximate surface area is 265 Å². The van der Waals surface area contributed by atoms with Crippen molar-refractivity contribution >= 4 is 22.9 Å². The monoisotopic (exact) mass is 660 g/mol. The lowest BCUT2D eigenvalue weighted by atomic mass is 10.0. The first kappa shape index (κ1) is 33.4. The van der Waals surface area contributed by atoms with Crippen LogP contribution in [0.15, 0.2) is 41.3 Å². The number of aromatic hydroxyl groups is 1. The molecule has 1 aliphatic heterocycles. The molecule has 1 aromatic carbocycles. The number of alkyl halides is 3. The first-order chi connectivity index (χ1) is 22.1. The Bertz CT molecular complexity index is 1900. The van der Waals surface area contributed by atoms with Gasteiger partial charge in [-0.25, -0.2) is 23.5 Å². The highest BCUT2D eigenvalue weighted by molar-refractivity contribution is 5.91. The number of ether oxygens (including phenoxy) is 1. The molecule has 0 bridgehead atoms. The summed E-state index contributed by atoms with van der Waals surface area (Å²) < 4.78 is 63.9. The molecule has 47 heavy (non-hydrogen) atoms. The predicted octanol–water partition coefficient (Wildman–Crippen LogP) is 4.78. The first-order valence-electron chi connectivity index (χ1n) is 14.7. The fraction of sp³-hybridized carbons (Fsp3) is 0.387. The Kier molecular flexibility index (Phi) is 8.99. The number of carbonyl (C=O) groups is 1. The Balaban J connectivity index is 1.88. The number of rotatable bonds is 7. The van der Waals surface area contributed by atoms with Gasteiger partial charge >= 0.3 is 18.0 Å². The molecule has 3 N–H and O–H groups in total. The number of benzene rings is 1. The van der Waals surface area contributed by atoms with E-state index in [2.05, 4.69) is 15.0 Å². The maximum atomic E-state index is 16.1. The largest absolute Gasteiger partial charge is 0.507 e. The van der Waals surface area contributed by atoms with Crippen molar-refractivity contribution in [1.29, 1.82) is 0 Å². The van der Waals surface area contributed by atoms with E-state index in [0.29, 0.717) is 11.8 Å². The van der Waals surface area contributed by atoms with Crippen LogP contribution in [0.25, 0.3) is 28.0 Å². The van der Waals surface area contributed by atoms with Crippen LogP contribution in [0, 0.1) is 5.82 Å². The van der Waals surface area contributed by atoms with Crippen LogP contribution >= 0.6 is 0 Å². The van der Waals surface area contributed by atoms with Crippen LogP contribution < -0.4 is 15.3 Å². The summed E-state index contributed by atoms with van der Waals surface area (Å²) in [6, 6.07) is 4.04. The Morgan fingerprint density at radius 3 is 2.49 bits per heavy atom. The average Bonchev–Trinajstić information content (AvgIpc) is 3.00. The minimum absolute atomic E-state index is 0.0215. The molecule has 12 nitrogen and oxygen atoms in total. The summed E-state index contributed by atoms with van der Waals surface area (Å²) in [7, 11) is 0. The van der Waals surface area contributed by atoms with Crippen LogP contribution in [0.2, 0.25) is 0 Å². The molecule has 4 heterocycles. The number of hydrogen-bond donors (Lipinski definition) is 3. The lowest BCUT2D eigenvalue weighted by Crippen LogP contribution is -2.58. The number of halogens is 4. The van der Waals surface area contributed by atoms with Gasteiger partial charge in [-0.1, -0.05) is 19.9 Å². The Morgan fingerprint density at radius 1 is 1.13 bits per heavy atom. The van der Waals surface area contributed by atoms with Crippen molar-refractivity contribution < 1.29 is 42.4 Å². The molecule has 1 fully saturated rings. The summed E-state index contributed by atoms with van der Waals surface area (Å²) in [4.78, 5) is 41.9. The van der Waals surface area contributed by atoms with Gasteiger partial charge in [0.05, 0.1) is 23.3 Å². The maximum Gasteiger partial charge on any atom is 0.419 e. The zero-order chi connectivity index (χ0) is 34.4. The number of aliphatic hydroxyl groups is 1. The zero-order valence-corrected chi connectivity index (χ0v) is 25.8. The van der Waals surface area contributed by atoms with Gasteiger partial charge in [-0.2, -0.15) is 18.2 Å². The molecule has 0 unspecified atom stereocenters. The normalized spacial score (nSPS) is 17.1. The van der Waals surface area contributed by atoms with Crippen LogP contribution in [-0.2, 0) is 6.18 Å². The quantitative estimate of drug-likeness (QED) is 0.236. The van der Waals surface area contributed by atoms with Crippen LogP contribution in [0.4, 0.5) is 28.2 Å². The smallest absolute Gasteiger partial charge is 0.419 e. The van der Waals surface area contributed by atoms with E-state index in [1.54, 1.807) is 32.6 Å². The van der Waals surface area contributed by atoms with Crippen LogP contribution in [0.5, 0.6) is 11.5 Å². The van der Waals surface area contributed by atoms with Crippen molar-refractivity contribution in [3.63, 3.8) is 0 Å². The molecule has 0 saturated carbocycles. The Morgan fingerprint density at radius 2 is 1.85 bits per heavy atom. The number of carboxylic acid groups (broad SMARTS) is 1. The lowest BCUT2D eigenvalue weighted by molar-refractivity contribution is -0.138. The number of aliphatic hydroxyl groups excluding tert-OH is 1. The van der Waals surface area contributed by atoms with Crippen molar-refractivity contribution in [2.24, 2.45) is 0 Å². The summed E-state index contributed by atoms with van der Waals surface area (Å²) in [5.74, 6) is -2.61. The third kappa shape index (κ3) is 6.12. The summed E-state index contributed by atoms with van der Waals surface area (Å²) in [6.45, 7) is 6.53. The van der Waals surface area contributed by atoms with Gasteiger partial charge < -0.3 is 29.9 Å². The molecule has 0 aliphatic carbocycles. The molecule has 3 aromatic heterocycles. The lowest BCUT2D eigenvalue weighted by Gasteiger charge is -2.43. The molecule has 1 amide bonds. The van der Waals surface area contributed by atoms with Crippen molar-refractivity contribution in [1.82, 2.24) is 24.4 Å². The SMILES string of the molecule is CC(C)c1nccc(OCCO)c1-n1c(=O)nc(N2C[C@@H](C)N(C(=O)O)C[C@@H]2C)c2cc(F)c(-c3cccc(C(F)(F)F)c3O)nc21. The number of para-hydroxylation sites is 1. The van der Waals surface area contributed by atoms with Crippen LogP contribution in [0.1, 0.15) is 44.9 Å². The number of aromatic nitrogens is 4. The number of pyridine rings is 2. The summed E-state index contributed by atoms with van der Waals surface area (Å²) >= 11 is 0. The molecule has 0 radical (unpaired) electrons. The number of amides is 1. The number of nitrogens with zero attached hydrogens (tertiary/aromatic N) is 6. The second-order valence-electron chi connectivity index (χ2n) is 11.5. The molecule has 5 rings (SSSR count). The van der Waals surface area contributed by atoms with E-state index in [4.69, 9.17) is 4.74 Å². The van der Waals surface area contributed by atoms with Gasteiger partial charge in [0.2, 0.25) is 0 Å². The predicted molar refractivity (Wildman–Crippen MR) is 163 cm³/mol. The molecule has 16 heteroatoms. The molecule has 1 saturated heterocycles. The van der Waals surface area contributed by atoms with E-state index in [1.807, 2.05) is 0 Å². The molecular formula is C31H32F4N6O6. The molecule has 4 aromatic rings. The minimum Gasteiger partial charge on any atom is -0.507 e. The van der Waals surface area contributed by atoms with Crippen molar-refractivity contribution in [3.05, 3.63) is 64.1 Å². The van der Waals surface area contributed by atoms with Gasteiger partial charge in [0.25, 0.3) is 0 Å². The summed E-state index contributed by atoms with van der Waals surface area (Å²) in [5, 5.41) is 29.7. The van der Waals surface area contributed by atoms with Crippen LogP contribution in [-0.4, -0.2) is 84.2 Å². The number of anilines is 1. The zero-order valence-electron chi connectivity index (χ0n) is 25.8. The van der Waals surface area contributed by atoms with Gasteiger partial charge in [0, 0.05) is 43.0 Å². The number of piperazine rings is 1. The van der Waals surface area contributed by atoms with E-state index in [1.165, 1.54) is 17.2 Å². The third-order valence-corrected chi connectivity index (χ3v) is 7.94. The standard InChI is InChI=1S/C31H32F4N6O6/c1-15(2)23-25(22(8-9-36-23)47-11-10-42)41-28-19(27(38-29(41)44)39-13-17(4)40(30(45)46)14-16(39)3)12-21(32)24(37-28)18-6-5-7-20(26(18)43)31(33,34)35/h5-9,12,15-17,42-43H,10-11,13-14H2,1-4H3,(H,45,46)/t16-,17+/m0/s1. The fourth-order valence-electron chi connectivity index (χ4n) is 5.74. The van der Waals surface area contributed by atoms with Gasteiger partial charge in [-0.05, 0) is 38.0 Å². The van der Waals surface area contributed by atoms with Crippen LogP contribution in [0.3, 0.4) is 0 Å². The van der Waals surface area contributed by atoms with Gasteiger partial charge in [0.15, 0.2) is 11.5 Å². The Hall–Kier alpha value is -4.99. The van der Waals surface area contributed by atoms with Crippen molar-refractivity contribution in [2.45, 2.75) is 51.9 Å². The van der Waals surface area contributed by atoms with Gasteiger partial charge in [0.1, 0.15) is 35.3 Å². The number of hydrogen-bond acceptors (Lipinski definition) is 9. The molecular weight excluding hydrogens is 628 g/mol. The topological polar surface area (TPSA) is 154 Å². The number of fused-ring (bicyclic) bond motifs is 1. The number of phenols is 1. The first-order valence-corrected chi connectivity index (χ1v) is 14.7. The highest BCUT2D eigenvalue weighted by Gasteiger charge is 2.37. The van der Waals surface area contributed by atoms with Crippen molar-refractivity contribution in [2.75, 3.05) is 31.2 Å². The van der Waals surface area contributed by atoms with Gasteiger partial charge in [-0.15, -0.1) is 0 Å². The fourth-order valence-corrected chi connectivity index (χ4v) is 5.74.